The molecular weight excluding hydrogens is 341 g/mol. The number of nitrogens with zero attached hydrogens (tertiary/aromatic N) is 1. The first-order valence-corrected chi connectivity index (χ1v) is 8.80. The number of piperazine rings is 1. The molecule has 2 aromatic carbocycles. The Morgan fingerprint density at radius 2 is 1.92 bits per heavy atom. The average molecular weight is 363 g/mol. The summed E-state index contributed by atoms with van der Waals surface area (Å²) in [7, 11) is 2.18. The van der Waals surface area contributed by atoms with Crippen LogP contribution in [0.2, 0.25) is 5.02 Å². The Bertz CT molecular complexity index is 740. The number of halogens is 2. The molecule has 6 heteroatoms. The van der Waals surface area contributed by atoms with Crippen LogP contribution in [0.1, 0.15) is 5.56 Å². The van der Waals surface area contributed by atoms with Gasteiger partial charge in [-0.15, -0.1) is 0 Å². The first-order chi connectivity index (χ1) is 12.0. The largest absolute Gasteiger partial charge is 0.359 e. The Hall–Kier alpha value is -2.11. The number of quaternary nitrogens is 1. The molecule has 1 aliphatic heterocycles. The van der Waals surface area contributed by atoms with Gasteiger partial charge in [-0.1, -0.05) is 29.8 Å². The van der Waals surface area contributed by atoms with Gasteiger partial charge in [0.05, 0.1) is 51.0 Å². The van der Waals surface area contributed by atoms with Crippen molar-refractivity contribution in [2.75, 3.05) is 43.4 Å². The molecule has 1 saturated heterocycles. The molecule has 0 atom stereocenters. The number of carbonyl (C=O) groups is 1. The summed E-state index contributed by atoms with van der Waals surface area (Å²) in [6.45, 7) is 4.01. The first kappa shape index (κ1) is 17.7. The van der Waals surface area contributed by atoms with E-state index < -0.39 is 5.82 Å². The van der Waals surface area contributed by atoms with Crippen molar-refractivity contribution < 1.29 is 14.1 Å². The van der Waals surface area contributed by atoms with Gasteiger partial charge in [-0.25, -0.2) is 4.39 Å². The van der Waals surface area contributed by atoms with Crippen LogP contribution >= 0.6 is 11.6 Å². The average Bonchev–Trinajstić information content (AvgIpc) is 2.60. The van der Waals surface area contributed by atoms with Crippen molar-refractivity contribution in [3.8, 4) is 0 Å². The molecule has 0 aromatic heterocycles. The summed E-state index contributed by atoms with van der Waals surface area (Å²) in [6, 6.07) is 12.2. The van der Waals surface area contributed by atoms with Crippen molar-refractivity contribution in [2.24, 2.45) is 0 Å². The van der Waals surface area contributed by atoms with Crippen LogP contribution in [0, 0.1) is 5.82 Å². The molecule has 4 nitrogen and oxygen atoms in total. The lowest BCUT2D eigenvalue weighted by Gasteiger charge is -2.33. The van der Waals surface area contributed by atoms with Gasteiger partial charge in [0.25, 0.3) is 0 Å². The first-order valence-electron chi connectivity index (χ1n) is 8.42. The van der Waals surface area contributed by atoms with Crippen molar-refractivity contribution in [1.82, 2.24) is 0 Å². The molecule has 1 fully saturated rings. The third-order valence-corrected chi connectivity index (χ3v) is 4.89. The number of hydrogen-bond acceptors (Lipinski definition) is 2. The lowest BCUT2D eigenvalue weighted by molar-refractivity contribution is -0.880. The fourth-order valence-corrected chi connectivity index (χ4v) is 3.27. The minimum absolute atomic E-state index is 0.0905. The number of likely N-dealkylation sites (N-methyl/N-ethyl adjacent to an activating group) is 1. The summed E-state index contributed by atoms with van der Waals surface area (Å²) in [5.41, 5.74) is 1.98. The lowest BCUT2D eigenvalue weighted by Crippen LogP contribution is -3.12. The van der Waals surface area contributed by atoms with E-state index in [-0.39, 0.29) is 22.9 Å². The summed E-state index contributed by atoms with van der Waals surface area (Å²) in [4.78, 5) is 16.2. The van der Waals surface area contributed by atoms with Crippen molar-refractivity contribution in [3.63, 3.8) is 0 Å². The fraction of sp³-hybridized carbons (Fsp3) is 0.316. The Labute approximate surface area is 152 Å². The highest BCUT2D eigenvalue weighted by atomic mass is 35.5. The number of benzene rings is 2. The fourth-order valence-electron chi connectivity index (χ4n) is 3.04. The molecule has 0 aliphatic carbocycles. The maximum Gasteiger partial charge on any atom is 0.229 e. The normalized spacial score (nSPS) is 15.2. The second kappa shape index (κ2) is 7.85. The van der Waals surface area contributed by atoms with E-state index in [9.17, 15) is 9.18 Å². The Morgan fingerprint density at radius 1 is 1.20 bits per heavy atom. The minimum atomic E-state index is -0.460. The minimum Gasteiger partial charge on any atom is -0.359 e. The highest BCUT2D eigenvalue weighted by Gasteiger charge is 2.20. The van der Waals surface area contributed by atoms with Crippen molar-refractivity contribution >= 4 is 28.9 Å². The topological polar surface area (TPSA) is 36.8 Å². The van der Waals surface area contributed by atoms with Crippen LogP contribution < -0.4 is 15.1 Å². The number of carbonyl (C=O) groups excluding carboxylic acids is 1. The number of hydrogen-bond donors (Lipinski definition) is 2. The van der Waals surface area contributed by atoms with E-state index >= 15 is 0 Å². The van der Waals surface area contributed by atoms with Crippen LogP contribution in [0.5, 0.6) is 0 Å². The third kappa shape index (κ3) is 4.30. The molecule has 1 heterocycles. The van der Waals surface area contributed by atoms with E-state index in [0.29, 0.717) is 0 Å². The van der Waals surface area contributed by atoms with E-state index in [4.69, 9.17) is 11.6 Å². The van der Waals surface area contributed by atoms with Crippen LogP contribution in [0.3, 0.4) is 0 Å². The maximum absolute atomic E-state index is 13.9. The quantitative estimate of drug-likeness (QED) is 0.872. The highest BCUT2D eigenvalue weighted by molar-refractivity contribution is 6.31. The van der Waals surface area contributed by atoms with E-state index in [1.165, 1.54) is 17.0 Å². The number of anilines is 2. The molecule has 0 unspecified atom stereocenters. The lowest BCUT2D eigenvalue weighted by atomic mass is 10.1. The van der Waals surface area contributed by atoms with Gasteiger partial charge in [-0.2, -0.15) is 0 Å². The second-order valence-electron chi connectivity index (χ2n) is 6.39. The van der Waals surface area contributed by atoms with Gasteiger partial charge in [0, 0.05) is 10.6 Å². The Morgan fingerprint density at radius 3 is 2.64 bits per heavy atom. The summed E-state index contributed by atoms with van der Waals surface area (Å²) >= 11 is 6.01. The van der Waals surface area contributed by atoms with Gasteiger partial charge in [0.2, 0.25) is 5.91 Å². The third-order valence-electron chi connectivity index (χ3n) is 4.53. The second-order valence-corrected chi connectivity index (χ2v) is 6.79. The molecular formula is C19H22ClFN3O+. The van der Waals surface area contributed by atoms with Gasteiger partial charge >= 0.3 is 0 Å². The van der Waals surface area contributed by atoms with Crippen LogP contribution in [-0.4, -0.2) is 39.1 Å². The van der Waals surface area contributed by atoms with Crippen LogP contribution in [0.25, 0.3) is 0 Å². The van der Waals surface area contributed by atoms with E-state index in [1.807, 2.05) is 24.3 Å². The van der Waals surface area contributed by atoms with E-state index in [2.05, 4.69) is 17.3 Å². The van der Waals surface area contributed by atoms with Crippen molar-refractivity contribution in [1.29, 1.82) is 0 Å². The molecule has 0 spiro atoms. The highest BCUT2D eigenvalue weighted by Crippen LogP contribution is 2.26. The van der Waals surface area contributed by atoms with Crippen LogP contribution in [-0.2, 0) is 11.2 Å². The molecule has 2 N–H and O–H groups in total. The Kier molecular flexibility index (Phi) is 5.56. The molecule has 0 saturated carbocycles. The zero-order valence-electron chi connectivity index (χ0n) is 14.2. The van der Waals surface area contributed by atoms with Gasteiger partial charge in [-0.3, -0.25) is 4.79 Å². The van der Waals surface area contributed by atoms with Gasteiger partial charge in [-0.05, 0) is 24.3 Å². The molecule has 3 rings (SSSR count). The summed E-state index contributed by atoms with van der Waals surface area (Å²) < 4.78 is 13.9. The van der Waals surface area contributed by atoms with Crippen molar-refractivity contribution in [2.45, 2.75) is 6.42 Å². The maximum atomic E-state index is 13.9. The predicted octanol–water partition coefficient (Wildman–Crippen LogP) is 1.99. The summed E-state index contributed by atoms with van der Waals surface area (Å²) in [5.74, 6) is -0.739. The van der Waals surface area contributed by atoms with Gasteiger partial charge in [0.15, 0.2) is 0 Å². The molecule has 25 heavy (non-hydrogen) atoms. The standard InChI is InChI=1S/C19H21ClFN3O/c1-23-9-11-24(12-10-23)18-8-3-2-7-17(18)22-19(25)13-14-15(20)5-4-6-16(14)21/h2-8H,9-13H2,1H3,(H,22,25)/p+1. The van der Waals surface area contributed by atoms with Gasteiger partial charge in [0.1, 0.15) is 5.82 Å². The molecule has 0 radical (unpaired) electrons. The monoisotopic (exact) mass is 362 g/mol. The molecule has 1 amide bonds. The number of nitrogens with one attached hydrogen (secondary N) is 2. The van der Waals surface area contributed by atoms with E-state index in [1.54, 1.807) is 6.07 Å². The van der Waals surface area contributed by atoms with E-state index in [0.717, 1.165) is 37.6 Å². The zero-order chi connectivity index (χ0) is 17.8. The predicted molar refractivity (Wildman–Crippen MR) is 99.0 cm³/mol. The van der Waals surface area contributed by atoms with Crippen LogP contribution in [0.4, 0.5) is 15.8 Å². The van der Waals surface area contributed by atoms with Crippen molar-refractivity contribution in [3.05, 3.63) is 58.9 Å². The SMILES string of the molecule is C[NH+]1CCN(c2ccccc2NC(=O)Cc2c(F)cccc2Cl)CC1. The smallest absolute Gasteiger partial charge is 0.229 e. The molecule has 0 bridgehead atoms. The number of para-hydroxylation sites is 2. The molecule has 1 aliphatic rings. The number of amides is 1. The molecule has 132 valence electrons. The zero-order valence-corrected chi connectivity index (χ0v) is 14.9. The number of rotatable bonds is 4. The van der Waals surface area contributed by atoms with Gasteiger partial charge < -0.3 is 15.1 Å². The molecule has 2 aromatic rings. The summed E-state index contributed by atoms with van der Waals surface area (Å²) in [6.07, 6.45) is -0.0905. The summed E-state index contributed by atoms with van der Waals surface area (Å²) in [5, 5.41) is 3.18. The van der Waals surface area contributed by atoms with Crippen LogP contribution in [0.15, 0.2) is 42.5 Å². The Balaban J connectivity index is 1.73.